The Labute approximate surface area is 133 Å². The molecule has 4 heteroatoms. The number of carbonyl (C=O) groups excluding carboxylic acids is 1. The highest BCUT2D eigenvalue weighted by molar-refractivity contribution is 9.10. The van der Waals surface area contributed by atoms with Crippen molar-refractivity contribution < 1.29 is 9.53 Å². The molecular weight excluding hydrogens is 330 g/mol. The van der Waals surface area contributed by atoms with Crippen molar-refractivity contribution >= 4 is 21.8 Å². The molecule has 0 aliphatic rings. The van der Waals surface area contributed by atoms with Crippen LogP contribution in [0.25, 0.3) is 0 Å². The summed E-state index contributed by atoms with van der Waals surface area (Å²) >= 11 is 3.40. The molecule has 1 amide bonds. The van der Waals surface area contributed by atoms with Crippen LogP contribution in [0.15, 0.2) is 59.1 Å². The maximum absolute atomic E-state index is 12.0. The first-order chi connectivity index (χ1) is 10.1. The topological polar surface area (TPSA) is 29.5 Å². The van der Waals surface area contributed by atoms with Gasteiger partial charge in [-0.1, -0.05) is 58.4 Å². The van der Waals surface area contributed by atoms with Gasteiger partial charge in [-0.05, 0) is 23.3 Å². The zero-order valence-electron chi connectivity index (χ0n) is 12.0. The zero-order chi connectivity index (χ0) is 15.1. The molecule has 0 heterocycles. The highest BCUT2D eigenvalue weighted by atomic mass is 79.9. The van der Waals surface area contributed by atoms with Crippen molar-refractivity contribution in [3.63, 3.8) is 0 Å². The van der Waals surface area contributed by atoms with Crippen LogP contribution in [-0.2, 0) is 22.7 Å². The largest absolute Gasteiger partial charge is 0.367 e. The average molecular weight is 348 g/mol. The number of nitrogens with zero attached hydrogens (tertiary/aromatic N) is 1. The third kappa shape index (κ3) is 5.33. The SMILES string of the molecule is CN(Cc1ccc(Br)cc1)C(=O)COCc1ccccc1. The van der Waals surface area contributed by atoms with E-state index >= 15 is 0 Å². The van der Waals surface area contributed by atoms with E-state index in [0.717, 1.165) is 15.6 Å². The third-order valence-corrected chi connectivity index (χ3v) is 3.62. The Morgan fingerprint density at radius 2 is 1.71 bits per heavy atom. The van der Waals surface area contributed by atoms with Gasteiger partial charge in [-0.3, -0.25) is 4.79 Å². The Balaban J connectivity index is 1.76. The standard InChI is InChI=1S/C17H18BrNO2/c1-19(11-14-7-9-16(18)10-8-14)17(20)13-21-12-15-5-3-2-4-6-15/h2-10H,11-13H2,1H3. The summed E-state index contributed by atoms with van der Waals surface area (Å²) in [6, 6.07) is 17.8. The van der Waals surface area contributed by atoms with Gasteiger partial charge in [0, 0.05) is 18.1 Å². The summed E-state index contributed by atoms with van der Waals surface area (Å²) in [6.07, 6.45) is 0. The summed E-state index contributed by atoms with van der Waals surface area (Å²) in [4.78, 5) is 13.7. The van der Waals surface area contributed by atoms with Crippen molar-refractivity contribution in [2.24, 2.45) is 0 Å². The summed E-state index contributed by atoms with van der Waals surface area (Å²) in [5.41, 5.74) is 2.16. The van der Waals surface area contributed by atoms with Crippen LogP contribution in [0.1, 0.15) is 11.1 Å². The second-order valence-corrected chi connectivity index (χ2v) is 5.77. The molecule has 0 aliphatic heterocycles. The van der Waals surface area contributed by atoms with E-state index in [-0.39, 0.29) is 12.5 Å². The van der Waals surface area contributed by atoms with Gasteiger partial charge in [0.05, 0.1) is 6.61 Å². The molecule has 0 spiro atoms. The molecule has 110 valence electrons. The lowest BCUT2D eigenvalue weighted by atomic mass is 10.2. The molecule has 0 radical (unpaired) electrons. The fraction of sp³-hybridized carbons (Fsp3) is 0.235. The molecule has 0 unspecified atom stereocenters. The molecule has 2 aromatic carbocycles. The summed E-state index contributed by atoms with van der Waals surface area (Å²) in [7, 11) is 1.79. The molecule has 21 heavy (non-hydrogen) atoms. The van der Waals surface area contributed by atoms with Gasteiger partial charge < -0.3 is 9.64 Å². The van der Waals surface area contributed by atoms with Crippen molar-refractivity contribution in [2.45, 2.75) is 13.2 Å². The van der Waals surface area contributed by atoms with Gasteiger partial charge >= 0.3 is 0 Å². The number of ether oxygens (including phenoxy) is 1. The first-order valence-corrected chi connectivity index (χ1v) is 7.54. The molecular formula is C17H18BrNO2. The fourth-order valence-corrected chi connectivity index (χ4v) is 2.16. The van der Waals surface area contributed by atoms with E-state index in [1.807, 2.05) is 54.6 Å². The van der Waals surface area contributed by atoms with Crippen LogP contribution in [0.3, 0.4) is 0 Å². The molecule has 0 atom stereocenters. The lowest BCUT2D eigenvalue weighted by Gasteiger charge is -2.17. The molecule has 0 fully saturated rings. The minimum absolute atomic E-state index is 0.0196. The van der Waals surface area contributed by atoms with Crippen LogP contribution in [0, 0.1) is 0 Å². The van der Waals surface area contributed by atoms with Gasteiger partial charge in [-0.15, -0.1) is 0 Å². The van der Waals surface area contributed by atoms with Crippen LogP contribution in [0.2, 0.25) is 0 Å². The third-order valence-electron chi connectivity index (χ3n) is 3.10. The van der Waals surface area contributed by atoms with E-state index in [1.54, 1.807) is 11.9 Å². The Morgan fingerprint density at radius 3 is 2.38 bits per heavy atom. The van der Waals surface area contributed by atoms with Gasteiger partial charge in [-0.25, -0.2) is 0 Å². The summed E-state index contributed by atoms with van der Waals surface area (Å²) in [6.45, 7) is 1.14. The molecule has 0 saturated heterocycles. The predicted octanol–water partition coefficient (Wildman–Crippen LogP) is 3.62. The highest BCUT2D eigenvalue weighted by Gasteiger charge is 2.09. The summed E-state index contributed by atoms with van der Waals surface area (Å²) < 4.78 is 6.49. The Morgan fingerprint density at radius 1 is 1.05 bits per heavy atom. The second-order valence-electron chi connectivity index (χ2n) is 4.85. The number of carbonyl (C=O) groups is 1. The molecule has 3 nitrogen and oxygen atoms in total. The van der Waals surface area contributed by atoms with E-state index in [1.165, 1.54) is 0 Å². The van der Waals surface area contributed by atoms with E-state index < -0.39 is 0 Å². The Bertz CT molecular complexity index is 569. The van der Waals surface area contributed by atoms with Gasteiger partial charge in [0.2, 0.25) is 5.91 Å². The minimum atomic E-state index is -0.0196. The summed E-state index contributed by atoms with van der Waals surface area (Å²) in [5, 5.41) is 0. The Kier molecular flexibility index (Phi) is 5.96. The van der Waals surface area contributed by atoms with E-state index in [9.17, 15) is 4.79 Å². The number of hydrogen-bond acceptors (Lipinski definition) is 2. The monoisotopic (exact) mass is 347 g/mol. The number of amides is 1. The molecule has 0 N–H and O–H groups in total. The van der Waals surface area contributed by atoms with Crippen LogP contribution in [0.4, 0.5) is 0 Å². The second kappa shape index (κ2) is 7.96. The van der Waals surface area contributed by atoms with E-state index in [0.29, 0.717) is 13.2 Å². The predicted molar refractivity (Wildman–Crippen MR) is 86.7 cm³/mol. The van der Waals surface area contributed by atoms with Crippen LogP contribution in [0.5, 0.6) is 0 Å². The first-order valence-electron chi connectivity index (χ1n) is 6.75. The highest BCUT2D eigenvalue weighted by Crippen LogP contribution is 2.12. The molecule has 2 rings (SSSR count). The minimum Gasteiger partial charge on any atom is -0.367 e. The maximum atomic E-state index is 12.0. The lowest BCUT2D eigenvalue weighted by Crippen LogP contribution is -2.29. The summed E-state index contributed by atoms with van der Waals surface area (Å²) in [5.74, 6) is -0.0196. The van der Waals surface area contributed by atoms with Crippen molar-refractivity contribution in [3.05, 3.63) is 70.2 Å². The van der Waals surface area contributed by atoms with Crippen LogP contribution < -0.4 is 0 Å². The number of benzene rings is 2. The van der Waals surface area contributed by atoms with Gasteiger partial charge in [-0.2, -0.15) is 0 Å². The van der Waals surface area contributed by atoms with Crippen molar-refractivity contribution in [3.8, 4) is 0 Å². The molecule has 2 aromatic rings. The van der Waals surface area contributed by atoms with Crippen molar-refractivity contribution in [1.29, 1.82) is 0 Å². The molecule has 0 aromatic heterocycles. The fourth-order valence-electron chi connectivity index (χ4n) is 1.89. The number of hydrogen-bond donors (Lipinski definition) is 0. The van der Waals surface area contributed by atoms with Crippen LogP contribution >= 0.6 is 15.9 Å². The van der Waals surface area contributed by atoms with Gasteiger partial charge in [0.15, 0.2) is 0 Å². The van der Waals surface area contributed by atoms with Gasteiger partial charge in [0.25, 0.3) is 0 Å². The maximum Gasteiger partial charge on any atom is 0.248 e. The number of halogens is 1. The molecule has 0 aliphatic carbocycles. The van der Waals surface area contributed by atoms with Crippen LogP contribution in [-0.4, -0.2) is 24.5 Å². The van der Waals surface area contributed by atoms with E-state index in [2.05, 4.69) is 15.9 Å². The van der Waals surface area contributed by atoms with Gasteiger partial charge in [0.1, 0.15) is 6.61 Å². The van der Waals surface area contributed by atoms with Crippen molar-refractivity contribution in [2.75, 3.05) is 13.7 Å². The molecule has 0 saturated carbocycles. The van der Waals surface area contributed by atoms with E-state index in [4.69, 9.17) is 4.74 Å². The smallest absolute Gasteiger partial charge is 0.248 e. The molecule has 0 bridgehead atoms. The Hall–Kier alpha value is -1.65. The quantitative estimate of drug-likeness (QED) is 0.798. The average Bonchev–Trinajstić information content (AvgIpc) is 2.50. The number of likely N-dealkylation sites (N-methyl/N-ethyl adjacent to an activating group) is 1. The lowest BCUT2D eigenvalue weighted by molar-refractivity contribution is -0.135. The first kappa shape index (κ1) is 15.7. The normalized spacial score (nSPS) is 10.4. The zero-order valence-corrected chi connectivity index (χ0v) is 13.5. The number of rotatable bonds is 6. The van der Waals surface area contributed by atoms with Crippen molar-refractivity contribution in [1.82, 2.24) is 4.90 Å².